The summed E-state index contributed by atoms with van der Waals surface area (Å²) < 4.78 is 1.66. The molecule has 0 saturated carbocycles. The average Bonchev–Trinajstić information content (AvgIpc) is 3.21. The molecule has 2 fully saturated rings. The first kappa shape index (κ1) is 19.7. The van der Waals surface area contributed by atoms with Gasteiger partial charge in [-0.3, -0.25) is 9.69 Å². The summed E-state index contributed by atoms with van der Waals surface area (Å²) in [5.74, 6) is 1.04. The minimum absolute atomic E-state index is 0.222. The fourth-order valence-electron chi connectivity index (χ4n) is 4.33. The van der Waals surface area contributed by atoms with Crippen molar-refractivity contribution >= 4 is 28.6 Å². The van der Waals surface area contributed by atoms with Gasteiger partial charge in [0.1, 0.15) is 6.33 Å². The summed E-state index contributed by atoms with van der Waals surface area (Å²) in [7, 11) is 1.83. The smallest absolute Gasteiger partial charge is 0.236 e. The molecule has 10 nitrogen and oxygen atoms in total. The van der Waals surface area contributed by atoms with Crippen molar-refractivity contribution < 1.29 is 4.79 Å². The van der Waals surface area contributed by atoms with Gasteiger partial charge < -0.3 is 14.7 Å². The zero-order chi connectivity index (χ0) is 21.2. The quantitative estimate of drug-likeness (QED) is 0.592. The first-order valence-corrected chi connectivity index (χ1v) is 10.7. The molecule has 31 heavy (non-hydrogen) atoms. The Hall–Kier alpha value is -3.27. The van der Waals surface area contributed by atoms with Gasteiger partial charge in [-0.25, -0.2) is 14.6 Å². The number of nitrogens with zero attached hydrogens (tertiary/aromatic N) is 9. The van der Waals surface area contributed by atoms with Crippen LogP contribution in [0.2, 0.25) is 0 Å². The molecule has 3 aromatic rings. The molecule has 1 aromatic carbocycles. The van der Waals surface area contributed by atoms with E-state index < -0.39 is 0 Å². The number of carbonyl (C=O) groups is 1. The molecule has 2 aliphatic rings. The van der Waals surface area contributed by atoms with E-state index in [-0.39, 0.29) is 5.91 Å². The number of aryl methyl sites for hydroxylation is 1. The second-order valence-electron chi connectivity index (χ2n) is 8.05. The molecule has 2 saturated heterocycles. The number of carbonyl (C=O) groups excluding carboxylic acids is 1. The van der Waals surface area contributed by atoms with Crippen LogP contribution in [0, 0.1) is 0 Å². The number of hydrogen-bond donors (Lipinski definition) is 0. The van der Waals surface area contributed by atoms with E-state index in [1.807, 2.05) is 18.0 Å². The molecule has 4 heterocycles. The molecule has 0 bridgehead atoms. The van der Waals surface area contributed by atoms with E-state index in [1.54, 1.807) is 11.0 Å². The Labute approximate surface area is 181 Å². The predicted molar refractivity (Wildman–Crippen MR) is 118 cm³/mol. The van der Waals surface area contributed by atoms with Crippen LogP contribution in [0.15, 0.2) is 36.7 Å². The lowest BCUT2D eigenvalue weighted by atomic mass is 10.2. The van der Waals surface area contributed by atoms with Gasteiger partial charge in [-0.05, 0) is 12.1 Å². The molecule has 162 valence electrons. The van der Waals surface area contributed by atoms with Gasteiger partial charge in [0.05, 0.1) is 6.54 Å². The summed E-state index contributed by atoms with van der Waals surface area (Å²) in [6, 6.07) is 10.4. The number of hydrogen-bond acceptors (Lipinski definition) is 8. The van der Waals surface area contributed by atoms with Crippen LogP contribution in [0.5, 0.6) is 0 Å². The number of fused-ring (bicyclic) bond motifs is 1. The van der Waals surface area contributed by atoms with Gasteiger partial charge in [-0.1, -0.05) is 23.4 Å². The highest BCUT2D eigenvalue weighted by atomic mass is 16.2. The Morgan fingerprint density at radius 1 is 0.903 bits per heavy atom. The maximum atomic E-state index is 12.8. The molecular weight excluding hydrogens is 394 g/mol. The van der Waals surface area contributed by atoms with Gasteiger partial charge in [0.15, 0.2) is 17.0 Å². The summed E-state index contributed by atoms with van der Waals surface area (Å²) in [5.41, 5.74) is 2.69. The third kappa shape index (κ3) is 4.02. The van der Waals surface area contributed by atoms with Crippen molar-refractivity contribution in [3.8, 4) is 0 Å². The van der Waals surface area contributed by atoms with Crippen LogP contribution in [0.1, 0.15) is 0 Å². The predicted octanol–water partition coefficient (Wildman–Crippen LogP) is 0.229. The summed E-state index contributed by atoms with van der Waals surface area (Å²) in [5, 5.41) is 8.27. The molecule has 0 N–H and O–H groups in total. The van der Waals surface area contributed by atoms with Gasteiger partial charge in [0.25, 0.3) is 0 Å². The monoisotopic (exact) mass is 421 g/mol. The van der Waals surface area contributed by atoms with Crippen LogP contribution in [-0.2, 0) is 11.8 Å². The van der Waals surface area contributed by atoms with E-state index in [0.717, 1.165) is 69.3 Å². The Kier molecular flexibility index (Phi) is 5.37. The molecule has 0 radical (unpaired) electrons. The van der Waals surface area contributed by atoms with Crippen LogP contribution in [0.3, 0.4) is 0 Å². The van der Waals surface area contributed by atoms with E-state index >= 15 is 0 Å². The second kappa shape index (κ2) is 8.46. The van der Waals surface area contributed by atoms with E-state index in [1.165, 1.54) is 5.69 Å². The Morgan fingerprint density at radius 2 is 1.61 bits per heavy atom. The van der Waals surface area contributed by atoms with Crippen molar-refractivity contribution in [2.45, 2.75) is 0 Å². The molecular formula is C21H27N9O. The normalized spacial score (nSPS) is 18.0. The largest absolute Gasteiger partial charge is 0.368 e. The second-order valence-corrected chi connectivity index (χ2v) is 8.05. The molecule has 0 aliphatic carbocycles. The van der Waals surface area contributed by atoms with Crippen molar-refractivity contribution in [2.75, 3.05) is 68.7 Å². The Balaban J connectivity index is 1.13. The minimum Gasteiger partial charge on any atom is -0.368 e. The molecule has 0 unspecified atom stereocenters. The van der Waals surface area contributed by atoms with Gasteiger partial charge in [-0.15, -0.1) is 5.10 Å². The lowest BCUT2D eigenvalue weighted by Gasteiger charge is -2.38. The number of benzene rings is 1. The van der Waals surface area contributed by atoms with Gasteiger partial charge in [0.2, 0.25) is 5.91 Å². The lowest BCUT2D eigenvalue weighted by Crippen LogP contribution is -2.54. The molecule has 1 amide bonds. The van der Waals surface area contributed by atoms with E-state index in [9.17, 15) is 4.79 Å². The van der Waals surface area contributed by atoms with Crippen LogP contribution in [0.25, 0.3) is 11.2 Å². The lowest BCUT2D eigenvalue weighted by molar-refractivity contribution is -0.132. The highest BCUT2D eigenvalue weighted by Gasteiger charge is 2.26. The van der Waals surface area contributed by atoms with Crippen LogP contribution in [-0.4, -0.2) is 99.6 Å². The van der Waals surface area contributed by atoms with Crippen molar-refractivity contribution in [3.05, 3.63) is 36.7 Å². The number of amides is 1. The molecule has 0 spiro atoms. The number of anilines is 2. The van der Waals surface area contributed by atoms with Gasteiger partial charge in [0, 0.05) is 65.1 Å². The third-order valence-corrected chi connectivity index (χ3v) is 6.15. The average molecular weight is 422 g/mol. The fraction of sp³-hybridized carbons (Fsp3) is 0.476. The fourth-order valence-corrected chi connectivity index (χ4v) is 4.33. The van der Waals surface area contributed by atoms with Crippen LogP contribution in [0.4, 0.5) is 11.5 Å². The van der Waals surface area contributed by atoms with E-state index in [0.29, 0.717) is 6.54 Å². The number of aromatic nitrogens is 5. The SMILES string of the molecule is Cn1nnc2c(N3CCN(CC(=O)N4CCN(c5ccccc5)CC4)CC3)ncnc21. The van der Waals surface area contributed by atoms with Crippen molar-refractivity contribution in [2.24, 2.45) is 7.05 Å². The first-order chi connectivity index (χ1) is 15.2. The zero-order valence-corrected chi connectivity index (χ0v) is 17.8. The summed E-state index contributed by atoms with van der Waals surface area (Å²) >= 11 is 0. The van der Waals surface area contributed by atoms with E-state index in [2.05, 4.69) is 59.2 Å². The zero-order valence-electron chi connectivity index (χ0n) is 17.8. The minimum atomic E-state index is 0.222. The number of piperazine rings is 2. The van der Waals surface area contributed by atoms with Gasteiger partial charge >= 0.3 is 0 Å². The highest BCUT2D eigenvalue weighted by molar-refractivity contribution is 5.82. The Bertz CT molecular complexity index is 1040. The molecule has 10 heteroatoms. The van der Waals surface area contributed by atoms with Crippen molar-refractivity contribution in [1.29, 1.82) is 0 Å². The summed E-state index contributed by atoms with van der Waals surface area (Å²) in [6.07, 6.45) is 1.56. The van der Waals surface area contributed by atoms with E-state index in [4.69, 9.17) is 0 Å². The maximum absolute atomic E-state index is 12.8. The molecule has 5 rings (SSSR count). The summed E-state index contributed by atoms with van der Waals surface area (Å²) in [4.78, 5) is 30.3. The molecule has 2 aromatic heterocycles. The number of rotatable bonds is 4. The topological polar surface area (TPSA) is 86.5 Å². The highest BCUT2D eigenvalue weighted by Crippen LogP contribution is 2.21. The summed E-state index contributed by atoms with van der Waals surface area (Å²) in [6.45, 7) is 7.04. The number of para-hydroxylation sites is 1. The van der Waals surface area contributed by atoms with Crippen LogP contribution >= 0.6 is 0 Å². The Morgan fingerprint density at radius 3 is 2.35 bits per heavy atom. The van der Waals surface area contributed by atoms with Crippen molar-refractivity contribution in [1.82, 2.24) is 34.8 Å². The van der Waals surface area contributed by atoms with Gasteiger partial charge in [-0.2, -0.15) is 0 Å². The third-order valence-electron chi connectivity index (χ3n) is 6.15. The van der Waals surface area contributed by atoms with Crippen molar-refractivity contribution in [3.63, 3.8) is 0 Å². The first-order valence-electron chi connectivity index (χ1n) is 10.7. The standard InChI is InChI=1S/C21H27N9O/c1-26-20-19(24-25-26)21(23-16-22-20)30-9-7-27(8-10-30)15-18(31)29-13-11-28(12-14-29)17-5-3-2-4-6-17/h2-6,16H,7-15H2,1H3. The van der Waals surface area contributed by atoms with Crippen LogP contribution < -0.4 is 9.80 Å². The maximum Gasteiger partial charge on any atom is 0.236 e. The molecule has 0 atom stereocenters. The molecule has 2 aliphatic heterocycles.